The second kappa shape index (κ2) is 15.0. The van der Waals surface area contributed by atoms with Crippen LogP contribution in [-0.4, -0.2) is 0 Å². The molecule has 0 spiro atoms. The van der Waals surface area contributed by atoms with E-state index in [1.807, 2.05) is 11.3 Å². The molecule has 2 atom stereocenters. The topological polar surface area (TPSA) is 24.1 Å². The van der Waals surface area contributed by atoms with Crippen LogP contribution in [-0.2, 0) is 0 Å². The highest BCUT2D eigenvalue weighted by atomic mass is 32.1. The van der Waals surface area contributed by atoms with Gasteiger partial charge in [0, 0.05) is 31.3 Å². The molecule has 2 nitrogen and oxygen atoms in total. The third-order valence-corrected chi connectivity index (χ3v) is 14.1. The quantitative estimate of drug-likeness (QED) is 0.164. The van der Waals surface area contributed by atoms with Gasteiger partial charge in [-0.3, -0.25) is 5.32 Å². The minimum atomic E-state index is -0.0801. The highest BCUT2D eigenvalue weighted by molar-refractivity contribution is 7.26. The van der Waals surface area contributed by atoms with E-state index in [0.717, 1.165) is 5.70 Å². The second-order valence-electron chi connectivity index (χ2n) is 16.5. The first-order valence-electron chi connectivity index (χ1n) is 21.5. The normalized spacial score (nSPS) is 15.3. The van der Waals surface area contributed by atoms with Crippen molar-refractivity contribution in [2.45, 2.75) is 19.1 Å². The maximum Gasteiger partial charge on any atom is 0.104 e. The van der Waals surface area contributed by atoms with Gasteiger partial charge in [0.15, 0.2) is 0 Å². The number of rotatable bonds is 6. The van der Waals surface area contributed by atoms with Gasteiger partial charge in [-0.2, -0.15) is 0 Å². The van der Waals surface area contributed by atoms with E-state index >= 15 is 0 Å². The Hall–Kier alpha value is -7.30. The molecule has 0 amide bonds. The van der Waals surface area contributed by atoms with Gasteiger partial charge in [0.05, 0.1) is 6.04 Å². The molecule has 1 aromatic heterocycles. The van der Waals surface area contributed by atoms with Gasteiger partial charge in [-0.05, 0) is 120 Å². The third-order valence-electron chi connectivity index (χ3n) is 12.9. The van der Waals surface area contributed by atoms with Gasteiger partial charge < -0.3 is 5.32 Å². The minimum absolute atomic E-state index is 0.0120. The molecule has 1 aliphatic heterocycles. The van der Waals surface area contributed by atoms with Crippen molar-refractivity contribution in [1.29, 1.82) is 0 Å². The van der Waals surface area contributed by atoms with Gasteiger partial charge in [-0.25, -0.2) is 0 Å². The van der Waals surface area contributed by atoms with Crippen LogP contribution in [0.25, 0.3) is 91.6 Å². The molecule has 62 heavy (non-hydrogen) atoms. The van der Waals surface area contributed by atoms with Crippen molar-refractivity contribution in [3.8, 4) is 33.4 Å². The van der Waals surface area contributed by atoms with Crippen molar-refractivity contribution in [3.63, 3.8) is 0 Å². The molecule has 0 bridgehead atoms. The summed E-state index contributed by atoms with van der Waals surface area (Å²) in [5.74, 6) is 0. The molecule has 294 valence electrons. The Morgan fingerprint density at radius 1 is 0.435 bits per heavy atom. The van der Waals surface area contributed by atoms with Crippen LogP contribution < -0.4 is 10.6 Å². The monoisotopic (exact) mass is 810 g/mol. The lowest BCUT2D eigenvalue weighted by Gasteiger charge is -2.33. The molecule has 3 heteroatoms. The maximum atomic E-state index is 3.93. The zero-order valence-corrected chi connectivity index (χ0v) is 35.1. The first kappa shape index (κ1) is 36.5. The fourth-order valence-corrected chi connectivity index (χ4v) is 11.2. The molecule has 2 N–H and O–H groups in total. The zero-order valence-electron chi connectivity index (χ0n) is 34.3. The van der Waals surface area contributed by atoms with Crippen molar-refractivity contribution in [3.05, 3.63) is 235 Å². The van der Waals surface area contributed by atoms with Crippen LogP contribution >= 0.6 is 11.3 Å². The predicted octanol–water partition coefficient (Wildman–Crippen LogP) is 15.8. The number of aryl methyl sites for hydroxylation is 1. The summed E-state index contributed by atoms with van der Waals surface area (Å²) >= 11 is 1.93. The molecule has 0 saturated heterocycles. The molecule has 2 unspecified atom stereocenters. The van der Waals surface area contributed by atoms with Crippen LogP contribution in [0.2, 0.25) is 0 Å². The standard InChI is InChI=1S/C59H42N2S/c1-37-46-25-13-14-27-49(46)57-51(56(37)39-18-7-3-8-19-39)31-30-50-48-29-28-43(35-55(48)62-58(50)57)52-34-45(33-42-22-11-12-26-47(42)52)54-36-53(60-59(61-54)40-20-9-4-10-21-40)44-24-15-23-41(32-44)38-16-5-2-6-17-38/h2-36,53,59-61H,1H3. The van der Waals surface area contributed by atoms with Crippen LogP contribution in [0.5, 0.6) is 0 Å². The Kier molecular flexibility index (Phi) is 8.84. The number of hydrogen-bond donors (Lipinski definition) is 2. The van der Waals surface area contributed by atoms with E-state index in [1.54, 1.807) is 0 Å². The highest BCUT2D eigenvalue weighted by Crippen LogP contribution is 2.47. The number of nitrogens with one attached hydrogen (secondary N) is 2. The number of benzene rings is 10. The van der Waals surface area contributed by atoms with Crippen molar-refractivity contribution in [2.24, 2.45) is 0 Å². The lowest BCUT2D eigenvalue weighted by Crippen LogP contribution is -2.39. The average Bonchev–Trinajstić information content (AvgIpc) is 3.72. The van der Waals surface area contributed by atoms with Gasteiger partial charge in [0.25, 0.3) is 0 Å². The van der Waals surface area contributed by atoms with E-state index in [2.05, 4.69) is 230 Å². The third kappa shape index (κ3) is 6.20. The van der Waals surface area contributed by atoms with Crippen LogP contribution in [0, 0.1) is 6.92 Å². The summed E-state index contributed by atoms with van der Waals surface area (Å²) in [4.78, 5) is 0. The molecule has 0 radical (unpaired) electrons. The van der Waals surface area contributed by atoms with E-state index in [1.165, 1.54) is 108 Å². The molecule has 10 aromatic carbocycles. The lowest BCUT2D eigenvalue weighted by molar-refractivity contribution is 0.443. The van der Waals surface area contributed by atoms with Crippen molar-refractivity contribution in [2.75, 3.05) is 0 Å². The van der Waals surface area contributed by atoms with E-state index in [4.69, 9.17) is 0 Å². The first-order valence-corrected chi connectivity index (χ1v) is 22.3. The molecule has 0 aliphatic carbocycles. The summed E-state index contributed by atoms with van der Waals surface area (Å²) in [6, 6.07) is 75.6. The second-order valence-corrected chi connectivity index (χ2v) is 17.6. The molecule has 12 rings (SSSR count). The summed E-state index contributed by atoms with van der Waals surface area (Å²) in [5, 5.41) is 18.2. The van der Waals surface area contributed by atoms with E-state index in [0.29, 0.717) is 0 Å². The Balaban J connectivity index is 1.02. The van der Waals surface area contributed by atoms with Gasteiger partial charge >= 0.3 is 0 Å². The smallest absolute Gasteiger partial charge is 0.104 e. The minimum Gasteiger partial charge on any atom is -0.366 e. The van der Waals surface area contributed by atoms with Gasteiger partial charge in [-0.1, -0.05) is 182 Å². The molecular formula is C59H42N2S. The summed E-state index contributed by atoms with van der Waals surface area (Å²) in [7, 11) is 0. The SMILES string of the molecule is Cc1c(-c2ccccc2)c2ccc3c4ccc(-c5cc(C6=CC(c7cccc(-c8ccccc8)c7)NC(c7ccccc7)N6)cc6ccccc56)cc4sc3c2c2ccccc12. The maximum absolute atomic E-state index is 3.93. The van der Waals surface area contributed by atoms with Crippen molar-refractivity contribution < 1.29 is 0 Å². The van der Waals surface area contributed by atoms with Crippen LogP contribution in [0.15, 0.2) is 212 Å². The molecule has 11 aromatic rings. The van der Waals surface area contributed by atoms with E-state index < -0.39 is 0 Å². The molecule has 2 heterocycles. The van der Waals surface area contributed by atoms with Crippen LogP contribution in [0.1, 0.15) is 34.5 Å². The van der Waals surface area contributed by atoms with Crippen molar-refractivity contribution >= 4 is 69.5 Å². The Morgan fingerprint density at radius 2 is 1.08 bits per heavy atom. The zero-order chi connectivity index (χ0) is 41.1. The van der Waals surface area contributed by atoms with Crippen LogP contribution in [0.3, 0.4) is 0 Å². The van der Waals surface area contributed by atoms with Crippen molar-refractivity contribution in [1.82, 2.24) is 10.6 Å². The fourth-order valence-electron chi connectivity index (χ4n) is 9.91. The number of thiophene rings is 1. The van der Waals surface area contributed by atoms with Crippen LogP contribution in [0.4, 0.5) is 0 Å². The summed E-state index contributed by atoms with van der Waals surface area (Å²) in [6.07, 6.45) is 2.29. The largest absolute Gasteiger partial charge is 0.366 e. The first-order chi connectivity index (χ1) is 30.6. The molecule has 1 aliphatic rings. The molecule has 0 saturated carbocycles. The summed E-state index contributed by atoms with van der Waals surface area (Å²) in [5.41, 5.74) is 13.5. The number of hydrogen-bond acceptors (Lipinski definition) is 3. The lowest BCUT2D eigenvalue weighted by atomic mass is 9.88. The predicted molar refractivity (Wildman–Crippen MR) is 266 cm³/mol. The fraction of sp³-hybridized carbons (Fsp3) is 0.0508. The Bertz CT molecular complexity index is 3530. The average molecular weight is 811 g/mol. The van der Waals surface area contributed by atoms with Gasteiger partial charge in [-0.15, -0.1) is 11.3 Å². The van der Waals surface area contributed by atoms with Gasteiger partial charge in [0.2, 0.25) is 0 Å². The molecule has 0 fully saturated rings. The molecular weight excluding hydrogens is 769 g/mol. The van der Waals surface area contributed by atoms with Gasteiger partial charge in [0.1, 0.15) is 6.17 Å². The summed E-state index contributed by atoms with van der Waals surface area (Å²) in [6.45, 7) is 2.28. The van der Waals surface area contributed by atoms with E-state index in [9.17, 15) is 0 Å². The summed E-state index contributed by atoms with van der Waals surface area (Å²) < 4.78 is 2.65. The number of fused-ring (bicyclic) bond motifs is 8. The Labute approximate surface area is 365 Å². The van der Waals surface area contributed by atoms with E-state index in [-0.39, 0.29) is 12.2 Å². The Morgan fingerprint density at radius 3 is 1.89 bits per heavy atom. The highest BCUT2D eigenvalue weighted by Gasteiger charge is 2.25.